The van der Waals surface area contributed by atoms with Crippen molar-refractivity contribution in [2.75, 3.05) is 23.3 Å². The van der Waals surface area contributed by atoms with E-state index in [-0.39, 0.29) is 11.8 Å². The molecule has 1 fully saturated rings. The summed E-state index contributed by atoms with van der Waals surface area (Å²) in [5.74, 6) is 1.88. The number of carbonyl (C=O) groups is 1. The molecule has 1 aliphatic rings. The summed E-state index contributed by atoms with van der Waals surface area (Å²) in [6.45, 7) is 9.26. The lowest BCUT2D eigenvalue weighted by Crippen LogP contribution is -2.39. The number of nitrogens with one attached hydrogen (secondary N) is 1. The number of amides is 1. The van der Waals surface area contributed by atoms with Crippen LogP contribution >= 0.6 is 0 Å². The first-order valence-electron chi connectivity index (χ1n) is 11.1. The van der Waals surface area contributed by atoms with E-state index in [4.69, 9.17) is 4.98 Å². The van der Waals surface area contributed by atoms with E-state index < -0.39 is 0 Å². The summed E-state index contributed by atoms with van der Waals surface area (Å²) in [5, 5.41) is 3.08. The normalized spacial score (nSPS) is 15.1. The molecule has 4 rings (SSSR count). The van der Waals surface area contributed by atoms with Gasteiger partial charge < -0.3 is 14.8 Å². The second kappa shape index (κ2) is 8.90. The molecule has 0 aliphatic carbocycles. The number of hydrogen-bond donors (Lipinski definition) is 1. The minimum absolute atomic E-state index is 0.0519. The van der Waals surface area contributed by atoms with E-state index in [0.29, 0.717) is 5.92 Å². The second-order valence-corrected chi connectivity index (χ2v) is 8.85. The third-order valence-electron chi connectivity index (χ3n) is 6.03. The smallest absolute Gasteiger partial charge is 0.227 e. The Morgan fingerprint density at radius 2 is 1.80 bits per heavy atom. The van der Waals surface area contributed by atoms with Crippen LogP contribution < -0.4 is 10.2 Å². The number of rotatable bonds is 6. The van der Waals surface area contributed by atoms with Crippen LogP contribution in [0.25, 0.3) is 11.0 Å². The van der Waals surface area contributed by atoms with E-state index in [1.165, 1.54) is 11.1 Å². The van der Waals surface area contributed by atoms with Gasteiger partial charge in [0, 0.05) is 31.2 Å². The molecule has 0 spiro atoms. The van der Waals surface area contributed by atoms with E-state index in [0.717, 1.165) is 56.0 Å². The average molecular weight is 405 g/mol. The van der Waals surface area contributed by atoms with Crippen LogP contribution in [-0.4, -0.2) is 28.5 Å². The van der Waals surface area contributed by atoms with Crippen molar-refractivity contribution in [1.82, 2.24) is 9.55 Å². The Balaban J connectivity index is 1.44. The maximum Gasteiger partial charge on any atom is 0.227 e. The highest BCUT2D eigenvalue weighted by atomic mass is 16.1. The second-order valence-electron chi connectivity index (χ2n) is 8.85. The zero-order valence-electron chi connectivity index (χ0n) is 18.3. The predicted octanol–water partition coefficient (Wildman–Crippen LogP) is 5.25. The third kappa shape index (κ3) is 4.50. The molecule has 1 amide bonds. The zero-order valence-corrected chi connectivity index (χ0v) is 18.3. The molecule has 5 nitrogen and oxygen atoms in total. The van der Waals surface area contributed by atoms with Crippen molar-refractivity contribution in [2.24, 2.45) is 11.8 Å². The van der Waals surface area contributed by atoms with Crippen LogP contribution in [0, 0.1) is 18.8 Å². The topological polar surface area (TPSA) is 50.2 Å². The number of fused-ring (bicyclic) bond motifs is 1. The van der Waals surface area contributed by atoms with E-state index in [2.05, 4.69) is 53.8 Å². The van der Waals surface area contributed by atoms with Gasteiger partial charge in [-0.15, -0.1) is 0 Å². The summed E-state index contributed by atoms with van der Waals surface area (Å²) in [5.41, 5.74) is 4.33. The molecule has 0 bridgehead atoms. The van der Waals surface area contributed by atoms with Crippen molar-refractivity contribution >= 4 is 28.6 Å². The van der Waals surface area contributed by atoms with Gasteiger partial charge in [-0.1, -0.05) is 43.7 Å². The zero-order chi connectivity index (χ0) is 21.1. The van der Waals surface area contributed by atoms with Crippen LogP contribution in [0.15, 0.2) is 48.5 Å². The molecule has 158 valence electrons. The number of aryl methyl sites for hydroxylation is 2. The summed E-state index contributed by atoms with van der Waals surface area (Å²) >= 11 is 0. The largest absolute Gasteiger partial charge is 0.342 e. The van der Waals surface area contributed by atoms with Crippen molar-refractivity contribution in [3.8, 4) is 0 Å². The molecule has 1 aromatic heterocycles. The molecular weight excluding hydrogens is 372 g/mol. The summed E-state index contributed by atoms with van der Waals surface area (Å²) in [6.07, 6.45) is 2.83. The van der Waals surface area contributed by atoms with Crippen molar-refractivity contribution in [3.05, 3.63) is 54.1 Å². The molecule has 2 aromatic carbocycles. The standard InChI is InChI=1S/C25H32N4O/c1-18(2)12-17-29-23-7-5-4-6-22(23)27-25(29)28-15-13-20(14-16-28)24(30)26-21-10-8-19(3)9-11-21/h4-11,18,20H,12-17H2,1-3H3,(H,26,30). The number of carbonyl (C=O) groups excluding carboxylic acids is 1. The van der Waals surface area contributed by atoms with Gasteiger partial charge in [0.1, 0.15) is 0 Å². The maximum absolute atomic E-state index is 12.7. The van der Waals surface area contributed by atoms with E-state index in [1.807, 2.05) is 30.3 Å². The molecule has 0 radical (unpaired) electrons. The average Bonchev–Trinajstić information content (AvgIpc) is 3.12. The number of imidazole rings is 1. The number of benzene rings is 2. The van der Waals surface area contributed by atoms with Gasteiger partial charge >= 0.3 is 0 Å². The monoisotopic (exact) mass is 404 g/mol. The van der Waals surface area contributed by atoms with Gasteiger partial charge in [0.2, 0.25) is 11.9 Å². The molecule has 3 aromatic rings. The van der Waals surface area contributed by atoms with Gasteiger partial charge in [-0.2, -0.15) is 0 Å². The van der Waals surface area contributed by atoms with Crippen LogP contribution in [0.1, 0.15) is 38.7 Å². The van der Waals surface area contributed by atoms with Gasteiger partial charge in [0.05, 0.1) is 11.0 Å². The molecule has 0 unspecified atom stereocenters. The SMILES string of the molecule is Cc1ccc(NC(=O)C2CCN(c3nc4ccccc4n3CCC(C)C)CC2)cc1. The van der Waals surface area contributed by atoms with Crippen LogP contribution in [0.2, 0.25) is 0 Å². The number of aromatic nitrogens is 2. The first-order valence-corrected chi connectivity index (χ1v) is 11.1. The van der Waals surface area contributed by atoms with E-state index in [1.54, 1.807) is 0 Å². The minimum Gasteiger partial charge on any atom is -0.342 e. The third-order valence-corrected chi connectivity index (χ3v) is 6.03. The van der Waals surface area contributed by atoms with Gasteiger partial charge in [0.15, 0.2) is 0 Å². The number of nitrogens with zero attached hydrogens (tertiary/aromatic N) is 3. The summed E-state index contributed by atoms with van der Waals surface area (Å²) in [6, 6.07) is 16.4. The first kappa shape index (κ1) is 20.5. The lowest BCUT2D eigenvalue weighted by molar-refractivity contribution is -0.120. The maximum atomic E-state index is 12.7. The first-order chi connectivity index (χ1) is 14.5. The number of para-hydroxylation sites is 2. The Labute approximate surface area is 179 Å². The highest BCUT2D eigenvalue weighted by Gasteiger charge is 2.27. The quantitative estimate of drug-likeness (QED) is 0.611. The molecule has 1 N–H and O–H groups in total. The molecule has 1 saturated heterocycles. The van der Waals surface area contributed by atoms with Crippen molar-refractivity contribution < 1.29 is 4.79 Å². The minimum atomic E-state index is 0.0519. The molecular formula is C25H32N4O. The fourth-order valence-electron chi connectivity index (χ4n) is 4.13. The summed E-state index contributed by atoms with van der Waals surface area (Å²) < 4.78 is 2.36. The Kier molecular flexibility index (Phi) is 6.07. The van der Waals surface area contributed by atoms with Crippen LogP contribution in [0.4, 0.5) is 11.6 Å². The summed E-state index contributed by atoms with van der Waals surface area (Å²) in [7, 11) is 0. The highest BCUT2D eigenvalue weighted by Crippen LogP contribution is 2.28. The fraction of sp³-hybridized carbons (Fsp3) is 0.440. The van der Waals surface area contributed by atoms with Gasteiger partial charge in [-0.25, -0.2) is 4.98 Å². The lowest BCUT2D eigenvalue weighted by atomic mass is 9.96. The van der Waals surface area contributed by atoms with Crippen LogP contribution in [0.3, 0.4) is 0 Å². The molecule has 0 atom stereocenters. The molecule has 1 aliphatic heterocycles. The molecule has 30 heavy (non-hydrogen) atoms. The van der Waals surface area contributed by atoms with Crippen molar-refractivity contribution in [1.29, 1.82) is 0 Å². The molecule has 2 heterocycles. The Hall–Kier alpha value is -2.82. The van der Waals surface area contributed by atoms with Crippen LogP contribution in [-0.2, 0) is 11.3 Å². The highest BCUT2D eigenvalue weighted by molar-refractivity contribution is 5.92. The Morgan fingerprint density at radius 3 is 2.50 bits per heavy atom. The van der Waals surface area contributed by atoms with Crippen LogP contribution in [0.5, 0.6) is 0 Å². The summed E-state index contributed by atoms with van der Waals surface area (Å²) in [4.78, 5) is 20.0. The lowest BCUT2D eigenvalue weighted by Gasteiger charge is -2.32. The van der Waals surface area contributed by atoms with Gasteiger partial charge in [-0.3, -0.25) is 4.79 Å². The Morgan fingerprint density at radius 1 is 1.10 bits per heavy atom. The van der Waals surface area contributed by atoms with E-state index >= 15 is 0 Å². The predicted molar refractivity (Wildman–Crippen MR) is 124 cm³/mol. The van der Waals surface area contributed by atoms with Crippen molar-refractivity contribution in [2.45, 2.75) is 46.6 Å². The molecule has 5 heteroatoms. The number of hydrogen-bond acceptors (Lipinski definition) is 3. The fourth-order valence-corrected chi connectivity index (χ4v) is 4.13. The van der Waals surface area contributed by atoms with Gasteiger partial charge in [0.25, 0.3) is 0 Å². The number of piperidine rings is 1. The van der Waals surface area contributed by atoms with Crippen molar-refractivity contribution in [3.63, 3.8) is 0 Å². The van der Waals surface area contributed by atoms with Gasteiger partial charge in [-0.05, 0) is 56.4 Å². The molecule has 0 saturated carbocycles. The van der Waals surface area contributed by atoms with E-state index in [9.17, 15) is 4.79 Å². The number of anilines is 2. The Bertz CT molecular complexity index is 998.